The van der Waals surface area contributed by atoms with Gasteiger partial charge in [-0.2, -0.15) is 0 Å². The maximum Gasteiger partial charge on any atom is 0.123 e. The van der Waals surface area contributed by atoms with E-state index in [0.717, 1.165) is 23.1 Å². The first kappa shape index (κ1) is 12.7. The van der Waals surface area contributed by atoms with Gasteiger partial charge in [0.1, 0.15) is 5.82 Å². The fraction of sp³-hybridized carbons (Fsp3) is 0.250. The number of halogens is 2. The molecule has 2 aromatic rings. The van der Waals surface area contributed by atoms with Crippen LogP contribution in [0.3, 0.4) is 0 Å². The van der Waals surface area contributed by atoms with E-state index in [1.165, 1.54) is 24.1 Å². The van der Waals surface area contributed by atoms with Crippen LogP contribution in [-0.4, -0.2) is 6.54 Å². The first-order valence-corrected chi connectivity index (χ1v) is 7.31. The summed E-state index contributed by atoms with van der Waals surface area (Å²) in [5, 5.41) is 0. The lowest BCUT2D eigenvalue weighted by Gasteiger charge is -2.27. The zero-order chi connectivity index (χ0) is 13.2. The van der Waals surface area contributed by atoms with E-state index in [0.29, 0.717) is 6.04 Å². The number of hydrogen-bond donors (Lipinski definition) is 0. The molecule has 0 N–H and O–H groups in total. The van der Waals surface area contributed by atoms with Crippen LogP contribution in [0.5, 0.6) is 0 Å². The van der Waals surface area contributed by atoms with Gasteiger partial charge in [-0.3, -0.25) is 0 Å². The molecule has 1 unspecified atom stereocenters. The van der Waals surface area contributed by atoms with Gasteiger partial charge in [-0.1, -0.05) is 28.1 Å². The molecule has 0 aliphatic carbocycles. The fourth-order valence-electron chi connectivity index (χ4n) is 2.77. The Balaban J connectivity index is 1.91. The molecule has 1 aliphatic rings. The Bertz CT molecular complexity index is 567. The molecule has 1 nitrogen and oxygen atoms in total. The number of anilines is 1. The van der Waals surface area contributed by atoms with Crippen molar-refractivity contribution in [3.8, 4) is 0 Å². The summed E-state index contributed by atoms with van der Waals surface area (Å²) in [6.07, 6.45) is 2.32. The average molecular weight is 320 g/mol. The molecular formula is C16H15BrFN. The van der Waals surface area contributed by atoms with Crippen molar-refractivity contribution in [2.45, 2.75) is 18.9 Å². The Kier molecular flexibility index (Phi) is 3.56. The van der Waals surface area contributed by atoms with E-state index < -0.39 is 0 Å². The van der Waals surface area contributed by atoms with E-state index >= 15 is 0 Å². The summed E-state index contributed by atoms with van der Waals surface area (Å²) in [6.45, 7) is 1.03. The largest absolute Gasteiger partial charge is 0.364 e. The van der Waals surface area contributed by atoms with Gasteiger partial charge >= 0.3 is 0 Å². The summed E-state index contributed by atoms with van der Waals surface area (Å²) in [6, 6.07) is 15.6. The molecule has 1 heterocycles. The number of nitrogens with zero attached hydrogens (tertiary/aromatic N) is 1. The van der Waals surface area contributed by atoms with Crippen LogP contribution >= 0.6 is 15.9 Å². The first-order chi connectivity index (χ1) is 9.24. The van der Waals surface area contributed by atoms with Crippen molar-refractivity contribution in [3.05, 3.63) is 64.4 Å². The molecule has 3 rings (SSSR count). The first-order valence-electron chi connectivity index (χ1n) is 6.52. The van der Waals surface area contributed by atoms with Gasteiger partial charge < -0.3 is 4.90 Å². The van der Waals surface area contributed by atoms with Crippen molar-refractivity contribution in [2.24, 2.45) is 0 Å². The lowest BCUT2D eigenvalue weighted by molar-refractivity contribution is 0.627. The van der Waals surface area contributed by atoms with Crippen LogP contribution in [0.4, 0.5) is 10.1 Å². The smallest absolute Gasteiger partial charge is 0.123 e. The molecule has 19 heavy (non-hydrogen) atoms. The highest BCUT2D eigenvalue weighted by Crippen LogP contribution is 2.36. The molecule has 0 amide bonds. The molecule has 98 valence electrons. The van der Waals surface area contributed by atoms with E-state index in [-0.39, 0.29) is 5.82 Å². The van der Waals surface area contributed by atoms with Gasteiger partial charge in [-0.05, 0) is 54.8 Å². The van der Waals surface area contributed by atoms with E-state index in [9.17, 15) is 4.39 Å². The highest BCUT2D eigenvalue weighted by atomic mass is 79.9. The highest BCUT2D eigenvalue weighted by molar-refractivity contribution is 9.10. The normalized spacial score (nSPS) is 18.8. The van der Waals surface area contributed by atoms with Gasteiger partial charge in [0.2, 0.25) is 0 Å². The minimum Gasteiger partial charge on any atom is -0.364 e. The lowest BCUT2D eigenvalue weighted by atomic mass is 10.0. The number of benzene rings is 2. The predicted molar refractivity (Wildman–Crippen MR) is 79.9 cm³/mol. The molecule has 0 aromatic heterocycles. The molecule has 1 atom stereocenters. The third kappa shape index (κ3) is 2.66. The summed E-state index contributed by atoms with van der Waals surface area (Å²) < 4.78 is 14.1. The minimum absolute atomic E-state index is 0.179. The highest BCUT2D eigenvalue weighted by Gasteiger charge is 2.26. The second kappa shape index (κ2) is 5.33. The molecule has 0 saturated carbocycles. The second-order valence-corrected chi connectivity index (χ2v) is 5.80. The van der Waals surface area contributed by atoms with Gasteiger partial charge in [-0.25, -0.2) is 4.39 Å². The van der Waals surface area contributed by atoms with Gasteiger partial charge in [0.25, 0.3) is 0 Å². The monoisotopic (exact) mass is 319 g/mol. The molecule has 1 fully saturated rings. The van der Waals surface area contributed by atoms with Gasteiger partial charge in [0, 0.05) is 16.7 Å². The van der Waals surface area contributed by atoms with Gasteiger partial charge in [-0.15, -0.1) is 0 Å². The Hall–Kier alpha value is -1.35. The van der Waals surface area contributed by atoms with Crippen molar-refractivity contribution in [3.63, 3.8) is 0 Å². The van der Waals surface area contributed by atoms with Crippen molar-refractivity contribution < 1.29 is 4.39 Å². The third-order valence-corrected chi connectivity index (χ3v) is 4.14. The summed E-state index contributed by atoms with van der Waals surface area (Å²) in [5.74, 6) is -0.179. The van der Waals surface area contributed by atoms with Crippen LogP contribution in [0.25, 0.3) is 0 Å². The SMILES string of the molecule is Fc1ccc(N2CCCC2c2cccc(Br)c2)cc1. The van der Waals surface area contributed by atoms with Crippen molar-refractivity contribution >= 4 is 21.6 Å². The number of hydrogen-bond acceptors (Lipinski definition) is 1. The molecule has 0 spiro atoms. The van der Waals surface area contributed by atoms with Crippen molar-refractivity contribution in [2.75, 3.05) is 11.4 Å². The summed E-state index contributed by atoms with van der Waals surface area (Å²) in [5.41, 5.74) is 2.42. The maximum atomic E-state index is 13.0. The van der Waals surface area contributed by atoms with Gasteiger partial charge in [0.05, 0.1) is 6.04 Å². The van der Waals surface area contributed by atoms with E-state index in [4.69, 9.17) is 0 Å². The Morgan fingerprint density at radius 2 is 1.89 bits per heavy atom. The van der Waals surface area contributed by atoms with Crippen molar-refractivity contribution in [1.29, 1.82) is 0 Å². The predicted octanol–water partition coefficient (Wildman–Crippen LogP) is 4.93. The maximum absolute atomic E-state index is 13.0. The fourth-order valence-corrected chi connectivity index (χ4v) is 3.19. The minimum atomic E-state index is -0.179. The Morgan fingerprint density at radius 3 is 2.63 bits per heavy atom. The number of rotatable bonds is 2. The van der Waals surface area contributed by atoms with Crippen molar-refractivity contribution in [1.82, 2.24) is 0 Å². The molecular weight excluding hydrogens is 305 g/mol. The lowest BCUT2D eigenvalue weighted by Crippen LogP contribution is -2.22. The van der Waals surface area contributed by atoms with Gasteiger partial charge in [0.15, 0.2) is 0 Å². The third-order valence-electron chi connectivity index (χ3n) is 3.64. The van der Waals surface area contributed by atoms with E-state index in [2.05, 4.69) is 39.0 Å². The van der Waals surface area contributed by atoms with Crippen LogP contribution in [0.2, 0.25) is 0 Å². The standard InChI is InChI=1S/C16H15BrFN/c17-13-4-1-3-12(11-13)16-5-2-10-19(16)15-8-6-14(18)7-9-15/h1,3-4,6-9,11,16H,2,5,10H2. The van der Waals surface area contributed by atoms with Crippen LogP contribution in [0.15, 0.2) is 53.0 Å². The zero-order valence-electron chi connectivity index (χ0n) is 10.5. The molecule has 0 bridgehead atoms. The molecule has 3 heteroatoms. The van der Waals surface area contributed by atoms with Crippen LogP contribution < -0.4 is 4.90 Å². The van der Waals surface area contributed by atoms with Crippen LogP contribution in [-0.2, 0) is 0 Å². The van der Waals surface area contributed by atoms with E-state index in [1.54, 1.807) is 0 Å². The molecule has 1 saturated heterocycles. The van der Waals surface area contributed by atoms with Crippen LogP contribution in [0, 0.1) is 5.82 Å². The molecule has 2 aromatic carbocycles. The summed E-state index contributed by atoms with van der Waals surface area (Å²) in [7, 11) is 0. The second-order valence-electron chi connectivity index (χ2n) is 4.88. The molecule has 0 radical (unpaired) electrons. The summed E-state index contributed by atoms with van der Waals surface area (Å²) >= 11 is 3.53. The Morgan fingerprint density at radius 1 is 1.11 bits per heavy atom. The Labute approximate surface area is 121 Å². The average Bonchev–Trinajstić information content (AvgIpc) is 2.89. The quantitative estimate of drug-likeness (QED) is 0.758. The van der Waals surface area contributed by atoms with Crippen LogP contribution in [0.1, 0.15) is 24.4 Å². The molecule has 1 aliphatic heterocycles. The van der Waals surface area contributed by atoms with E-state index in [1.807, 2.05) is 18.2 Å². The summed E-state index contributed by atoms with van der Waals surface area (Å²) in [4.78, 5) is 2.36. The topological polar surface area (TPSA) is 3.24 Å². The zero-order valence-corrected chi connectivity index (χ0v) is 12.1.